The Kier molecular flexibility index (Phi) is 4.91. The molecule has 1 aromatic rings. The summed E-state index contributed by atoms with van der Waals surface area (Å²) in [6.07, 6.45) is 1.56. The molecule has 1 aromatic heterocycles. The fourth-order valence-corrected chi connectivity index (χ4v) is 1.55. The van der Waals surface area contributed by atoms with Gasteiger partial charge >= 0.3 is 0 Å². The van der Waals surface area contributed by atoms with Crippen LogP contribution in [0.15, 0.2) is 22.6 Å². The summed E-state index contributed by atoms with van der Waals surface area (Å²) in [5.41, 5.74) is 0. The zero-order valence-corrected chi connectivity index (χ0v) is 10.5. The number of thiocarbonyl (C=S) groups is 1. The highest BCUT2D eigenvalue weighted by atomic mass is 35.5. The van der Waals surface area contributed by atoms with Gasteiger partial charge in [0.1, 0.15) is 0 Å². The second-order valence-electron chi connectivity index (χ2n) is 2.04. The number of rotatable bonds is 2. The lowest BCUT2D eigenvalue weighted by Crippen LogP contribution is -2.22. The molecule has 0 N–H and O–H groups in total. The van der Waals surface area contributed by atoms with Crippen LogP contribution in [0.25, 0.3) is 0 Å². The van der Waals surface area contributed by atoms with Crippen molar-refractivity contribution < 1.29 is 0 Å². The van der Waals surface area contributed by atoms with Gasteiger partial charge in [-0.1, -0.05) is 6.07 Å². The number of nitrogens with zero attached hydrogens (tertiary/aromatic N) is 3. The topological polar surface area (TPSA) is 18.8 Å². The lowest BCUT2D eigenvalue weighted by Gasteiger charge is -2.11. The van der Waals surface area contributed by atoms with E-state index in [1.54, 1.807) is 6.21 Å². The summed E-state index contributed by atoms with van der Waals surface area (Å²) >= 11 is 22.6. The zero-order chi connectivity index (χ0) is 10.6. The highest BCUT2D eigenvalue weighted by Gasteiger charge is 2.09. The minimum absolute atomic E-state index is 0.0113. The molecule has 0 aromatic carbocycles. The van der Waals surface area contributed by atoms with E-state index in [0.717, 1.165) is 9.41 Å². The van der Waals surface area contributed by atoms with E-state index in [9.17, 15) is 0 Å². The molecule has 0 spiro atoms. The Morgan fingerprint density at radius 1 is 1.50 bits per heavy atom. The van der Waals surface area contributed by atoms with Crippen molar-refractivity contribution in [3.63, 3.8) is 0 Å². The van der Waals surface area contributed by atoms with Gasteiger partial charge in [0.25, 0.3) is 0 Å². The van der Waals surface area contributed by atoms with Gasteiger partial charge in [-0.25, -0.2) is 0 Å². The molecule has 0 amide bonds. The number of thiophene rings is 1. The average molecular weight is 289 g/mol. The number of halogens is 3. The lowest BCUT2D eigenvalue weighted by molar-refractivity contribution is 0.687. The van der Waals surface area contributed by atoms with E-state index < -0.39 is 0 Å². The molecule has 0 aliphatic carbocycles. The van der Waals surface area contributed by atoms with Gasteiger partial charge in [0.05, 0.1) is 6.21 Å². The summed E-state index contributed by atoms with van der Waals surface area (Å²) in [6, 6.07) is 3.79. The molecular weight excluding hydrogens is 285 g/mol. The molecule has 0 saturated carbocycles. The van der Waals surface area contributed by atoms with E-state index in [4.69, 9.17) is 47.5 Å². The van der Waals surface area contributed by atoms with Crippen LogP contribution in [-0.2, 0) is 0 Å². The van der Waals surface area contributed by atoms with E-state index in [0.29, 0.717) is 3.94 Å². The van der Waals surface area contributed by atoms with Crippen LogP contribution >= 0.6 is 58.9 Å². The fraction of sp³-hybridized carbons (Fsp3) is 0. The van der Waals surface area contributed by atoms with E-state index in [1.807, 2.05) is 17.5 Å². The molecule has 1 heterocycles. The van der Waals surface area contributed by atoms with Crippen LogP contribution < -0.4 is 0 Å². The molecule has 0 saturated heterocycles. The quantitative estimate of drug-likeness (QED) is 0.360. The van der Waals surface area contributed by atoms with Crippen LogP contribution in [-0.4, -0.2) is 19.8 Å². The first-order chi connectivity index (χ1) is 6.61. The monoisotopic (exact) mass is 287 g/mol. The van der Waals surface area contributed by atoms with Crippen molar-refractivity contribution in [3.8, 4) is 0 Å². The second-order valence-corrected chi connectivity index (χ2v) is 4.55. The van der Waals surface area contributed by atoms with E-state index >= 15 is 0 Å². The molecule has 8 heteroatoms. The summed E-state index contributed by atoms with van der Waals surface area (Å²) in [5.74, 6) is 0. The third-order valence-corrected chi connectivity index (χ3v) is 3.16. The standard InChI is InChI=1S/C6H4Cl3N3S2/c7-11(8)6(13)12(9)10-4-5-2-1-3-14-5/h1-4H. The van der Waals surface area contributed by atoms with Crippen LogP contribution in [0.3, 0.4) is 0 Å². The van der Waals surface area contributed by atoms with E-state index in [1.165, 1.54) is 11.3 Å². The highest BCUT2D eigenvalue weighted by molar-refractivity contribution is 7.80. The molecule has 1 rings (SSSR count). The van der Waals surface area contributed by atoms with Gasteiger partial charge in [-0.05, 0) is 23.7 Å². The molecule has 0 aliphatic rings. The van der Waals surface area contributed by atoms with Crippen molar-refractivity contribution in [1.82, 2.24) is 8.47 Å². The first-order valence-electron chi connectivity index (χ1n) is 3.30. The van der Waals surface area contributed by atoms with Gasteiger partial charge in [-0.15, -0.1) is 15.9 Å². The average Bonchev–Trinajstić information content (AvgIpc) is 2.65. The Hall–Kier alpha value is -0.0700. The van der Waals surface area contributed by atoms with Gasteiger partial charge in [0.2, 0.25) is 5.11 Å². The van der Waals surface area contributed by atoms with Crippen molar-refractivity contribution in [2.75, 3.05) is 0 Å². The van der Waals surface area contributed by atoms with Crippen LogP contribution in [0.1, 0.15) is 4.88 Å². The Morgan fingerprint density at radius 3 is 2.71 bits per heavy atom. The summed E-state index contributed by atoms with van der Waals surface area (Å²) < 4.78 is 1.54. The first-order valence-corrected chi connectivity index (χ1v) is 5.60. The first kappa shape index (κ1) is 12.0. The summed E-state index contributed by atoms with van der Waals surface area (Å²) in [6.45, 7) is 0. The molecule has 0 unspecified atom stereocenters. The van der Waals surface area contributed by atoms with Crippen LogP contribution in [0.4, 0.5) is 0 Å². The number of hydrazone groups is 1. The minimum atomic E-state index is -0.0113. The molecule has 0 atom stereocenters. The maximum absolute atomic E-state index is 5.63. The molecule has 14 heavy (non-hydrogen) atoms. The molecule has 3 nitrogen and oxygen atoms in total. The highest BCUT2D eigenvalue weighted by Crippen LogP contribution is 2.10. The maximum atomic E-state index is 5.63. The van der Waals surface area contributed by atoms with Gasteiger partial charge in [-0.3, -0.25) is 0 Å². The number of hydrogen-bond acceptors (Lipinski definition) is 3. The lowest BCUT2D eigenvalue weighted by atomic mass is 10.5. The predicted molar refractivity (Wildman–Crippen MR) is 65.7 cm³/mol. The Bertz CT molecular complexity index is 325. The van der Waals surface area contributed by atoms with Crippen LogP contribution in [0.5, 0.6) is 0 Å². The predicted octanol–water partition coefficient (Wildman–Crippen LogP) is 3.43. The minimum Gasteiger partial charge on any atom is -0.163 e. The fourth-order valence-electron chi connectivity index (χ4n) is 0.584. The zero-order valence-electron chi connectivity index (χ0n) is 6.60. The molecule has 0 aliphatic heterocycles. The normalized spacial score (nSPS) is 10.5. The molecule has 0 radical (unpaired) electrons. The molecular formula is C6H4Cl3N3S2. The number of hydrogen-bond donors (Lipinski definition) is 0. The van der Waals surface area contributed by atoms with Gasteiger partial charge in [0.15, 0.2) is 0 Å². The largest absolute Gasteiger partial charge is 0.238 e. The van der Waals surface area contributed by atoms with Crippen molar-refractivity contribution >= 4 is 70.2 Å². The third kappa shape index (κ3) is 3.59. The Morgan fingerprint density at radius 2 is 2.21 bits per heavy atom. The SMILES string of the molecule is S=C(N(Cl)Cl)N(Cl)N=Cc1cccs1. The third-order valence-electron chi connectivity index (χ3n) is 1.13. The van der Waals surface area contributed by atoms with E-state index in [2.05, 4.69) is 5.10 Å². The maximum Gasteiger partial charge on any atom is 0.238 e. The van der Waals surface area contributed by atoms with Crippen molar-refractivity contribution in [2.45, 2.75) is 0 Å². The molecule has 0 fully saturated rings. The van der Waals surface area contributed by atoms with Gasteiger partial charge in [0, 0.05) is 40.2 Å². The Balaban J connectivity index is 2.56. The smallest absolute Gasteiger partial charge is 0.163 e. The van der Waals surface area contributed by atoms with Gasteiger partial charge < -0.3 is 0 Å². The Labute approximate surface area is 106 Å². The summed E-state index contributed by atoms with van der Waals surface area (Å²) in [7, 11) is 0. The van der Waals surface area contributed by atoms with E-state index in [-0.39, 0.29) is 5.11 Å². The van der Waals surface area contributed by atoms with Gasteiger partial charge in [-0.2, -0.15) is 9.04 Å². The molecule has 76 valence electrons. The van der Waals surface area contributed by atoms with Crippen molar-refractivity contribution in [3.05, 3.63) is 22.4 Å². The van der Waals surface area contributed by atoms with Crippen LogP contribution in [0, 0.1) is 0 Å². The molecule has 0 bridgehead atoms. The summed E-state index contributed by atoms with van der Waals surface area (Å²) in [4.78, 5) is 0.953. The van der Waals surface area contributed by atoms with Crippen LogP contribution in [0.2, 0.25) is 0 Å². The summed E-state index contributed by atoms with van der Waals surface area (Å²) in [5, 5.41) is 5.73. The second kappa shape index (κ2) is 5.72. The van der Waals surface area contributed by atoms with Crippen molar-refractivity contribution in [1.29, 1.82) is 0 Å². The van der Waals surface area contributed by atoms with Crippen molar-refractivity contribution in [2.24, 2.45) is 5.10 Å².